The predicted octanol–water partition coefficient (Wildman–Crippen LogP) is 4.32. The van der Waals surface area contributed by atoms with Crippen molar-refractivity contribution in [2.24, 2.45) is 0 Å². The molecule has 0 bridgehead atoms. The second-order valence-electron chi connectivity index (χ2n) is 5.46. The molecule has 0 aliphatic rings. The van der Waals surface area contributed by atoms with Crippen molar-refractivity contribution in [2.75, 3.05) is 7.11 Å². The molecule has 0 N–H and O–H groups in total. The summed E-state index contributed by atoms with van der Waals surface area (Å²) in [5.41, 5.74) is 3.09. The number of methoxy groups -OCH3 is 1. The van der Waals surface area contributed by atoms with Crippen LogP contribution in [0.25, 0.3) is 5.69 Å². The standard InChI is InChI=1S/C18H18FN3OS/c1-12-4-7-15(8-5-12)22-13(2)20-21-18(22)24-11-14-6-9-17(23-3)16(19)10-14/h4-10H,11H2,1-3H3. The maximum absolute atomic E-state index is 13.8. The molecule has 1 aromatic heterocycles. The monoisotopic (exact) mass is 343 g/mol. The van der Waals surface area contributed by atoms with Crippen molar-refractivity contribution < 1.29 is 9.13 Å². The molecule has 3 aromatic rings. The summed E-state index contributed by atoms with van der Waals surface area (Å²) in [6.45, 7) is 3.97. The number of aryl methyl sites for hydroxylation is 2. The van der Waals surface area contributed by atoms with Gasteiger partial charge in [0, 0.05) is 11.4 Å². The highest BCUT2D eigenvalue weighted by Gasteiger charge is 2.12. The van der Waals surface area contributed by atoms with Crippen molar-refractivity contribution in [3.8, 4) is 11.4 Å². The van der Waals surface area contributed by atoms with Crippen LogP contribution in [0.5, 0.6) is 5.75 Å². The van der Waals surface area contributed by atoms with E-state index in [1.807, 2.05) is 29.7 Å². The van der Waals surface area contributed by atoms with Gasteiger partial charge in [-0.05, 0) is 43.7 Å². The number of hydrogen-bond acceptors (Lipinski definition) is 4. The molecule has 0 aliphatic carbocycles. The molecular weight excluding hydrogens is 325 g/mol. The van der Waals surface area contributed by atoms with Crippen LogP contribution in [-0.2, 0) is 5.75 Å². The van der Waals surface area contributed by atoms with E-state index in [4.69, 9.17) is 4.74 Å². The number of ether oxygens (including phenoxy) is 1. The van der Waals surface area contributed by atoms with Crippen molar-refractivity contribution in [1.29, 1.82) is 0 Å². The Bertz CT molecular complexity index is 846. The van der Waals surface area contributed by atoms with Gasteiger partial charge in [0.05, 0.1) is 7.11 Å². The average Bonchev–Trinajstić information content (AvgIpc) is 2.95. The largest absolute Gasteiger partial charge is 0.494 e. The Balaban J connectivity index is 1.81. The minimum Gasteiger partial charge on any atom is -0.494 e. The zero-order chi connectivity index (χ0) is 17.1. The fraction of sp³-hybridized carbons (Fsp3) is 0.222. The molecule has 6 heteroatoms. The summed E-state index contributed by atoms with van der Waals surface area (Å²) < 4.78 is 20.7. The summed E-state index contributed by atoms with van der Waals surface area (Å²) in [6, 6.07) is 13.2. The molecule has 0 atom stereocenters. The van der Waals surface area contributed by atoms with E-state index < -0.39 is 0 Å². The Morgan fingerprint density at radius 2 is 1.83 bits per heavy atom. The van der Waals surface area contributed by atoms with E-state index in [1.54, 1.807) is 6.07 Å². The van der Waals surface area contributed by atoms with Gasteiger partial charge in [0.1, 0.15) is 5.82 Å². The molecular formula is C18H18FN3OS. The normalized spacial score (nSPS) is 10.8. The SMILES string of the molecule is COc1ccc(CSc2nnc(C)n2-c2ccc(C)cc2)cc1F. The molecule has 1 heterocycles. The van der Waals surface area contributed by atoms with E-state index >= 15 is 0 Å². The van der Waals surface area contributed by atoms with Gasteiger partial charge in [-0.1, -0.05) is 35.5 Å². The minimum absolute atomic E-state index is 0.252. The fourth-order valence-corrected chi connectivity index (χ4v) is 3.32. The van der Waals surface area contributed by atoms with Gasteiger partial charge in [0.2, 0.25) is 0 Å². The lowest BCUT2D eigenvalue weighted by atomic mass is 10.2. The number of halogens is 1. The highest BCUT2D eigenvalue weighted by atomic mass is 32.2. The van der Waals surface area contributed by atoms with E-state index in [0.29, 0.717) is 5.75 Å². The Hall–Kier alpha value is -2.34. The summed E-state index contributed by atoms with van der Waals surface area (Å²) in [7, 11) is 1.46. The third kappa shape index (κ3) is 3.43. The van der Waals surface area contributed by atoms with Crippen molar-refractivity contribution in [2.45, 2.75) is 24.8 Å². The zero-order valence-electron chi connectivity index (χ0n) is 13.8. The van der Waals surface area contributed by atoms with Gasteiger partial charge in [-0.3, -0.25) is 4.57 Å². The number of thioether (sulfide) groups is 1. The molecule has 0 spiro atoms. The van der Waals surface area contributed by atoms with Gasteiger partial charge in [-0.15, -0.1) is 10.2 Å². The van der Waals surface area contributed by atoms with E-state index in [0.717, 1.165) is 22.2 Å². The van der Waals surface area contributed by atoms with E-state index in [9.17, 15) is 4.39 Å². The maximum atomic E-state index is 13.8. The fourth-order valence-electron chi connectivity index (χ4n) is 2.38. The number of benzene rings is 2. The van der Waals surface area contributed by atoms with Gasteiger partial charge in [-0.2, -0.15) is 0 Å². The van der Waals surface area contributed by atoms with Gasteiger partial charge >= 0.3 is 0 Å². The number of rotatable bonds is 5. The molecule has 0 fully saturated rings. The summed E-state index contributed by atoms with van der Waals surface area (Å²) in [5.74, 6) is 1.32. The lowest BCUT2D eigenvalue weighted by molar-refractivity contribution is 0.386. The quantitative estimate of drug-likeness (QED) is 0.647. The molecule has 0 saturated heterocycles. The first-order chi connectivity index (χ1) is 11.6. The lowest BCUT2D eigenvalue weighted by Gasteiger charge is -2.09. The van der Waals surface area contributed by atoms with E-state index in [1.165, 1.54) is 30.5 Å². The second kappa shape index (κ2) is 7.05. The van der Waals surface area contributed by atoms with Crippen molar-refractivity contribution >= 4 is 11.8 Å². The molecule has 0 radical (unpaired) electrons. The van der Waals surface area contributed by atoms with Gasteiger partial charge in [-0.25, -0.2) is 4.39 Å². The van der Waals surface area contributed by atoms with Crippen LogP contribution in [0.3, 0.4) is 0 Å². The molecule has 24 heavy (non-hydrogen) atoms. The van der Waals surface area contributed by atoms with Gasteiger partial charge in [0.15, 0.2) is 16.7 Å². The molecule has 3 rings (SSSR count). The van der Waals surface area contributed by atoms with Gasteiger partial charge < -0.3 is 4.74 Å². The molecule has 0 aliphatic heterocycles. The summed E-state index contributed by atoms with van der Waals surface area (Å²) in [6.07, 6.45) is 0. The molecule has 0 amide bonds. The predicted molar refractivity (Wildman–Crippen MR) is 93.3 cm³/mol. The Kier molecular flexibility index (Phi) is 4.85. The maximum Gasteiger partial charge on any atom is 0.196 e. The Morgan fingerprint density at radius 1 is 1.08 bits per heavy atom. The topological polar surface area (TPSA) is 39.9 Å². The molecule has 0 saturated carbocycles. The molecule has 0 unspecified atom stereocenters. The molecule has 2 aromatic carbocycles. The average molecular weight is 343 g/mol. The van der Waals surface area contributed by atoms with Gasteiger partial charge in [0.25, 0.3) is 0 Å². The first-order valence-corrected chi connectivity index (χ1v) is 8.51. The second-order valence-corrected chi connectivity index (χ2v) is 6.40. The minimum atomic E-state index is -0.355. The van der Waals surface area contributed by atoms with Crippen LogP contribution in [0.15, 0.2) is 47.6 Å². The smallest absolute Gasteiger partial charge is 0.196 e. The van der Waals surface area contributed by atoms with Crippen LogP contribution >= 0.6 is 11.8 Å². The van der Waals surface area contributed by atoms with Crippen LogP contribution in [0.4, 0.5) is 4.39 Å². The summed E-state index contributed by atoms with van der Waals surface area (Å²) in [5, 5.41) is 9.20. The van der Waals surface area contributed by atoms with Crippen molar-refractivity contribution in [3.05, 3.63) is 65.2 Å². The molecule has 4 nitrogen and oxygen atoms in total. The Labute approximate surface area is 144 Å². The highest BCUT2D eigenvalue weighted by Crippen LogP contribution is 2.27. The third-order valence-electron chi connectivity index (χ3n) is 3.67. The summed E-state index contributed by atoms with van der Waals surface area (Å²) in [4.78, 5) is 0. The number of aromatic nitrogens is 3. The van der Waals surface area contributed by atoms with Crippen LogP contribution < -0.4 is 4.74 Å². The van der Waals surface area contributed by atoms with Crippen LogP contribution in [0.2, 0.25) is 0 Å². The summed E-state index contributed by atoms with van der Waals surface area (Å²) >= 11 is 1.52. The Morgan fingerprint density at radius 3 is 2.50 bits per heavy atom. The van der Waals surface area contributed by atoms with Crippen molar-refractivity contribution in [3.63, 3.8) is 0 Å². The van der Waals surface area contributed by atoms with Crippen LogP contribution in [0, 0.1) is 19.7 Å². The zero-order valence-corrected chi connectivity index (χ0v) is 14.6. The third-order valence-corrected chi connectivity index (χ3v) is 4.67. The van der Waals surface area contributed by atoms with Crippen LogP contribution in [-0.4, -0.2) is 21.9 Å². The first kappa shape index (κ1) is 16.5. The molecule has 124 valence electrons. The number of nitrogens with zero attached hydrogens (tertiary/aromatic N) is 3. The highest BCUT2D eigenvalue weighted by molar-refractivity contribution is 7.98. The number of hydrogen-bond donors (Lipinski definition) is 0. The van der Waals surface area contributed by atoms with E-state index in [2.05, 4.69) is 29.3 Å². The lowest BCUT2D eigenvalue weighted by Crippen LogP contribution is -1.99. The van der Waals surface area contributed by atoms with Crippen LogP contribution in [0.1, 0.15) is 17.0 Å². The van der Waals surface area contributed by atoms with Crippen molar-refractivity contribution in [1.82, 2.24) is 14.8 Å². The first-order valence-electron chi connectivity index (χ1n) is 7.53. The van der Waals surface area contributed by atoms with E-state index in [-0.39, 0.29) is 11.6 Å².